The Bertz CT molecular complexity index is 1310. The highest BCUT2D eigenvalue weighted by Gasteiger charge is 2.26. The summed E-state index contributed by atoms with van der Waals surface area (Å²) in [5, 5.41) is 32.5. The maximum Gasteiger partial charge on any atom is 0.183 e. The van der Waals surface area contributed by atoms with Crippen molar-refractivity contribution < 1.29 is 24.8 Å². The zero-order valence-corrected chi connectivity index (χ0v) is 24.9. The molecular formula is C34H43N3O5. The van der Waals surface area contributed by atoms with Gasteiger partial charge in [-0.05, 0) is 49.1 Å². The molecule has 3 rings (SSSR count). The minimum Gasteiger partial charge on any atom is -0.457 e. The summed E-state index contributed by atoms with van der Waals surface area (Å²) in [4.78, 5) is 8.74. The highest BCUT2D eigenvalue weighted by atomic mass is 16.5. The van der Waals surface area contributed by atoms with Gasteiger partial charge in [0.05, 0.1) is 24.2 Å². The number of rotatable bonds is 14. The van der Waals surface area contributed by atoms with Gasteiger partial charge in [-0.2, -0.15) is 0 Å². The number of pyridine rings is 1. The van der Waals surface area contributed by atoms with E-state index in [1.165, 1.54) is 5.57 Å². The maximum atomic E-state index is 10.8. The molecule has 4 N–H and O–H groups in total. The topological polar surface area (TPSA) is 116 Å². The van der Waals surface area contributed by atoms with Crippen molar-refractivity contribution in [3.8, 4) is 0 Å². The normalized spacial score (nSPS) is 18.3. The zero-order chi connectivity index (χ0) is 30.5. The molecule has 42 heavy (non-hydrogen) atoms. The van der Waals surface area contributed by atoms with E-state index in [0.29, 0.717) is 17.1 Å². The Hall–Kier alpha value is -3.82. The summed E-state index contributed by atoms with van der Waals surface area (Å²) in [6.07, 6.45) is 23.1. The second-order valence-corrected chi connectivity index (χ2v) is 10.7. The van der Waals surface area contributed by atoms with Crippen LogP contribution in [0.4, 0.5) is 5.69 Å². The van der Waals surface area contributed by atoms with Crippen molar-refractivity contribution in [1.29, 1.82) is 0 Å². The van der Waals surface area contributed by atoms with Gasteiger partial charge in [-0.25, -0.2) is 0 Å². The number of aromatic nitrogens is 1. The molecule has 0 radical (unpaired) electrons. The lowest BCUT2D eigenvalue weighted by atomic mass is 9.94. The molecule has 2 aliphatic carbocycles. The molecule has 2 atom stereocenters. The van der Waals surface area contributed by atoms with Crippen LogP contribution in [0.1, 0.15) is 46.2 Å². The molecule has 0 saturated heterocycles. The van der Waals surface area contributed by atoms with Gasteiger partial charge in [0, 0.05) is 23.1 Å². The van der Waals surface area contributed by atoms with Crippen molar-refractivity contribution in [3.05, 3.63) is 114 Å². The average molecular weight is 574 g/mol. The van der Waals surface area contributed by atoms with Gasteiger partial charge in [0.1, 0.15) is 18.2 Å². The molecular weight excluding hydrogens is 530 g/mol. The van der Waals surface area contributed by atoms with Crippen LogP contribution in [0, 0.1) is 11.3 Å². The number of aliphatic hydroxyl groups is 3. The first-order chi connectivity index (χ1) is 20.1. The summed E-state index contributed by atoms with van der Waals surface area (Å²) >= 11 is 0. The molecule has 8 heteroatoms. The predicted octanol–water partition coefficient (Wildman–Crippen LogP) is 5.98. The van der Waals surface area contributed by atoms with Gasteiger partial charge in [0.25, 0.3) is 0 Å². The number of aliphatic hydroxyl groups excluding tert-OH is 2. The van der Waals surface area contributed by atoms with E-state index in [0.717, 1.165) is 24.0 Å². The number of ether oxygens (including phenoxy) is 2. The fourth-order valence-electron chi connectivity index (χ4n) is 4.07. The van der Waals surface area contributed by atoms with Crippen LogP contribution in [0.25, 0.3) is 5.57 Å². The van der Waals surface area contributed by atoms with Gasteiger partial charge in [-0.1, -0.05) is 82.0 Å². The smallest absolute Gasteiger partial charge is 0.183 e. The van der Waals surface area contributed by atoms with Crippen molar-refractivity contribution in [3.63, 3.8) is 0 Å². The third kappa shape index (κ3) is 9.63. The van der Waals surface area contributed by atoms with E-state index in [1.54, 1.807) is 32.3 Å². The lowest BCUT2D eigenvalue weighted by Crippen LogP contribution is -2.33. The summed E-state index contributed by atoms with van der Waals surface area (Å²) in [6, 6.07) is 3.62. The number of allylic oxidation sites excluding steroid dienone is 13. The van der Waals surface area contributed by atoms with Crippen molar-refractivity contribution in [2.24, 2.45) is 16.3 Å². The third-order valence-corrected chi connectivity index (χ3v) is 6.86. The molecule has 0 spiro atoms. The van der Waals surface area contributed by atoms with E-state index in [9.17, 15) is 15.3 Å². The van der Waals surface area contributed by atoms with E-state index >= 15 is 0 Å². The minimum atomic E-state index is -1.47. The van der Waals surface area contributed by atoms with Crippen LogP contribution >= 0.6 is 0 Å². The van der Waals surface area contributed by atoms with E-state index in [2.05, 4.69) is 77.4 Å². The number of hydrogen-bond donors (Lipinski definition) is 4. The van der Waals surface area contributed by atoms with Gasteiger partial charge < -0.3 is 30.1 Å². The molecule has 0 amide bonds. The SMILES string of the molecule is C=C(OC1=C(CC)C=CC(C2=CCC=CC=C2)C=C1)C(O)Nc1ccc(C(/C=N\COCC(C)(C)C(O)O)=C/C)nc1. The lowest BCUT2D eigenvalue weighted by Gasteiger charge is -2.25. The second kappa shape index (κ2) is 16.0. The van der Waals surface area contributed by atoms with Crippen LogP contribution in [-0.2, 0) is 9.47 Å². The largest absolute Gasteiger partial charge is 0.457 e. The van der Waals surface area contributed by atoms with Gasteiger partial charge >= 0.3 is 0 Å². The number of aliphatic imine (C=N–C) groups is 1. The summed E-state index contributed by atoms with van der Waals surface area (Å²) in [6.45, 7) is 11.5. The first-order valence-corrected chi connectivity index (χ1v) is 14.1. The highest BCUT2D eigenvalue weighted by Crippen LogP contribution is 2.27. The number of anilines is 1. The number of nitrogens with zero attached hydrogens (tertiary/aromatic N) is 2. The van der Waals surface area contributed by atoms with Crippen LogP contribution in [0.5, 0.6) is 0 Å². The standard InChI is InChI=1S/C34H43N3O5/c1-6-25-14-15-28(27-12-10-8-9-11-13-27)16-19-31(25)42-24(3)32(38)37-29-17-18-30(36-21-29)26(7-2)20-35-23-41-22-34(4,5)33(39)40/h7-10,12-21,28,32-33,37-40H,3,6,11,22-23H2,1-2,4-5H3/b26-7+,35-20-. The fraction of sp³-hybridized carbons (Fsp3) is 0.353. The van der Waals surface area contributed by atoms with Crippen LogP contribution in [0.15, 0.2) is 113 Å². The third-order valence-electron chi connectivity index (χ3n) is 6.86. The molecule has 0 saturated carbocycles. The molecule has 0 aromatic carbocycles. The average Bonchev–Trinajstić information content (AvgIpc) is 3.36. The van der Waals surface area contributed by atoms with Crippen molar-refractivity contribution >= 4 is 17.5 Å². The van der Waals surface area contributed by atoms with E-state index < -0.39 is 17.9 Å². The molecule has 224 valence electrons. The summed E-state index contributed by atoms with van der Waals surface area (Å²) in [5.74, 6) is 0.966. The minimum absolute atomic E-state index is 0.0790. The summed E-state index contributed by atoms with van der Waals surface area (Å²) in [7, 11) is 0. The molecule has 0 aliphatic heterocycles. The van der Waals surface area contributed by atoms with E-state index in [-0.39, 0.29) is 25.0 Å². The first-order valence-electron chi connectivity index (χ1n) is 14.1. The van der Waals surface area contributed by atoms with Gasteiger partial charge in [0.15, 0.2) is 12.5 Å². The highest BCUT2D eigenvalue weighted by molar-refractivity contribution is 6.08. The summed E-state index contributed by atoms with van der Waals surface area (Å²) in [5.41, 5.74) is 3.54. The van der Waals surface area contributed by atoms with E-state index in [4.69, 9.17) is 9.47 Å². The van der Waals surface area contributed by atoms with E-state index in [1.807, 2.05) is 25.1 Å². The fourth-order valence-corrected chi connectivity index (χ4v) is 4.07. The Balaban J connectivity index is 1.56. The number of nitrogens with one attached hydrogen (secondary N) is 1. The summed E-state index contributed by atoms with van der Waals surface area (Å²) < 4.78 is 11.5. The van der Waals surface area contributed by atoms with Crippen molar-refractivity contribution in [2.75, 3.05) is 18.7 Å². The van der Waals surface area contributed by atoms with Crippen molar-refractivity contribution in [1.82, 2.24) is 4.98 Å². The predicted molar refractivity (Wildman–Crippen MR) is 169 cm³/mol. The number of hydrogen-bond acceptors (Lipinski definition) is 8. The lowest BCUT2D eigenvalue weighted by molar-refractivity contribution is -0.144. The molecule has 2 aliphatic rings. The van der Waals surface area contributed by atoms with Gasteiger partial charge in [-0.15, -0.1) is 0 Å². The second-order valence-electron chi connectivity index (χ2n) is 10.7. The molecule has 0 bridgehead atoms. The molecule has 2 unspecified atom stereocenters. The Morgan fingerprint density at radius 2 is 1.98 bits per heavy atom. The Morgan fingerprint density at radius 1 is 1.19 bits per heavy atom. The Labute approximate surface area is 249 Å². The van der Waals surface area contributed by atoms with Gasteiger partial charge in [-0.3, -0.25) is 9.98 Å². The molecule has 8 nitrogen and oxygen atoms in total. The van der Waals surface area contributed by atoms with Crippen molar-refractivity contribution in [2.45, 2.75) is 53.1 Å². The first kappa shape index (κ1) is 32.7. The van der Waals surface area contributed by atoms with Gasteiger partial charge in [0.2, 0.25) is 0 Å². The molecule has 1 heterocycles. The molecule has 0 fully saturated rings. The Kier molecular flexibility index (Phi) is 12.4. The quantitative estimate of drug-likeness (QED) is 0.0937. The molecule has 1 aromatic rings. The molecule has 1 aromatic heterocycles. The van der Waals surface area contributed by atoms with Crippen LogP contribution in [0.3, 0.4) is 0 Å². The maximum absolute atomic E-state index is 10.8. The van der Waals surface area contributed by atoms with Crippen LogP contribution in [-0.4, -0.2) is 52.4 Å². The Morgan fingerprint density at radius 3 is 2.67 bits per heavy atom. The zero-order valence-electron chi connectivity index (χ0n) is 24.9. The van der Waals surface area contributed by atoms with Crippen LogP contribution in [0.2, 0.25) is 0 Å². The van der Waals surface area contributed by atoms with Crippen LogP contribution < -0.4 is 5.32 Å². The monoisotopic (exact) mass is 573 g/mol.